The molecule has 0 aliphatic rings. The maximum absolute atomic E-state index is 12.3. The lowest BCUT2D eigenvalue weighted by Crippen LogP contribution is -2.21. The van der Waals surface area contributed by atoms with Crippen molar-refractivity contribution in [2.24, 2.45) is 0 Å². The average molecular weight is 363 g/mol. The van der Waals surface area contributed by atoms with E-state index < -0.39 is 0 Å². The first-order valence-corrected chi connectivity index (χ1v) is 9.02. The van der Waals surface area contributed by atoms with E-state index >= 15 is 0 Å². The number of hydrogen-bond donors (Lipinski definition) is 1. The van der Waals surface area contributed by atoms with E-state index in [0.717, 1.165) is 28.4 Å². The van der Waals surface area contributed by atoms with Gasteiger partial charge in [0.25, 0.3) is 5.91 Å². The number of carbonyl (C=O) groups is 1. The minimum atomic E-state index is -0.195. The van der Waals surface area contributed by atoms with Gasteiger partial charge in [0.15, 0.2) is 6.61 Å². The Bertz CT molecular complexity index is 943. The second-order valence-corrected chi connectivity index (χ2v) is 6.79. The summed E-state index contributed by atoms with van der Waals surface area (Å²) < 4.78 is 7.54. The van der Waals surface area contributed by atoms with Crippen LogP contribution < -0.4 is 10.1 Å². The summed E-state index contributed by atoms with van der Waals surface area (Å²) in [5, 5.41) is 7.51. The monoisotopic (exact) mass is 363 g/mol. The number of rotatable bonds is 6. The van der Waals surface area contributed by atoms with E-state index in [1.165, 1.54) is 11.1 Å². The largest absolute Gasteiger partial charge is 0.483 e. The number of nitrogens with zero attached hydrogens (tertiary/aromatic N) is 2. The molecule has 0 aliphatic carbocycles. The van der Waals surface area contributed by atoms with Crippen molar-refractivity contribution in [2.45, 2.75) is 34.2 Å². The standard InChI is InChI=1S/C22H25N3O2/c1-15-9-11-19(12-10-15)13-25-18(4)22(17(3)24-25)23-21(26)14-27-20-8-6-5-7-16(20)2/h5-12H,13-14H2,1-4H3,(H,23,26). The SMILES string of the molecule is Cc1ccc(Cn2nc(C)c(NC(=O)COc3ccccc3C)c2C)cc1. The molecule has 0 unspecified atom stereocenters. The fraction of sp³-hybridized carbons (Fsp3) is 0.273. The summed E-state index contributed by atoms with van der Waals surface area (Å²) in [6.07, 6.45) is 0. The van der Waals surface area contributed by atoms with Crippen LogP contribution in [-0.2, 0) is 11.3 Å². The quantitative estimate of drug-likeness (QED) is 0.715. The smallest absolute Gasteiger partial charge is 0.262 e. The van der Waals surface area contributed by atoms with Gasteiger partial charge in [0.05, 0.1) is 23.6 Å². The molecule has 3 aromatic rings. The highest BCUT2D eigenvalue weighted by atomic mass is 16.5. The molecular formula is C22H25N3O2. The lowest BCUT2D eigenvalue weighted by atomic mass is 10.1. The van der Waals surface area contributed by atoms with Crippen molar-refractivity contribution < 1.29 is 9.53 Å². The van der Waals surface area contributed by atoms with Gasteiger partial charge in [0.2, 0.25) is 0 Å². The van der Waals surface area contributed by atoms with Crippen LogP contribution in [0.1, 0.15) is 28.1 Å². The van der Waals surface area contributed by atoms with Crippen LogP contribution in [0.4, 0.5) is 5.69 Å². The second-order valence-electron chi connectivity index (χ2n) is 6.79. The van der Waals surface area contributed by atoms with Crippen LogP contribution in [0.5, 0.6) is 5.75 Å². The number of aryl methyl sites for hydroxylation is 3. The third kappa shape index (κ3) is 4.56. The molecule has 0 saturated carbocycles. The molecule has 0 fully saturated rings. The molecule has 27 heavy (non-hydrogen) atoms. The van der Waals surface area contributed by atoms with Gasteiger partial charge in [0, 0.05) is 0 Å². The summed E-state index contributed by atoms with van der Waals surface area (Å²) >= 11 is 0. The van der Waals surface area contributed by atoms with E-state index in [1.807, 2.05) is 49.7 Å². The summed E-state index contributed by atoms with van der Waals surface area (Å²) in [7, 11) is 0. The summed E-state index contributed by atoms with van der Waals surface area (Å²) in [4.78, 5) is 12.3. The molecule has 1 N–H and O–H groups in total. The molecule has 140 valence electrons. The Morgan fingerprint density at radius 1 is 1.04 bits per heavy atom. The van der Waals surface area contributed by atoms with E-state index in [0.29, 0.717) is 6.54 Å². The van der Waals surface area contributed by atoms with Crippen LogP contribution >= 0.6 is 0 Å². The van der Waals surface area contributed by atoms with Crippen molar-refractivity contribution in [1.29, 1.82) is 0 Å². The Labute approximate surface area is 160 Å². The highest BCUT2D eigenvalue weighted by molar-refractivity contribution is 5.93. The van der Waals surface area contributed by atoms with Gasteiger partial charge in [-0.2, -0.15) is 5.10 Å². The van der Waals surface area contributed by atoms with Gasteiger partial charge < -0.3 is 10.1 Å². The first-order valence-electron chi connectivity index (χ1n) is 9.02. The number of para-hydroxylation sites is 1. The molecule has 0 bridgehead atoms. The molecule has 0 aliphatic heterocycles. The second kappa shape index (κ2) is 8.08. The number of nitrogens with one attached hydrogen (secondary N) is 1. The van der Waals surface area contributed by atoms with Gasteiger partial charge in [-0.1, -0.05) is 48.0 Å². The van der Waals surface area contributed by atoms with Crippen LogP contribution in [0.15, 0.2) is 48.5 Å². The maximum atomic E-state index is 12.3. The molecule has 0 atom stereocenters. The molecule has 3 rings (SSSR count). The van der Waals surface area contributed by atoms with Crippen molar-refractivity contribution in [1.82, 2.24) is 9.78 Å². The van der Waals surface area contributed by atoms with Crippen molar-refractivity contribution in [3.8, 4) is 5.75 Å². The van der Waals surface area contributed by atoms with Crippen LogP contribution in [-0.4, -0.2) is 22.3 Å². The number of anilines is 1. The highest BCUT2D eigenvalue weighted by Crippen LogP contribution is 2.21. The Kier molecular flexibility index (Phi) is 5.60. The Hall–Kier alpha value is -3.08. The lowest BCUT2D eigenvalue weighted by molar-refractivity contribution is -0.118. The first kappa shape index (κ1) is 18.7. The molecule has 1 amide bonds. The predicted molar refractivity (Wildman–Crippen MR) is 107 cm³/mol. The molecule has 0 radical (unpaired) electrons. The normalized spacial score (nSPS) is 10.7. The van der Waals surface area contributed by atoms with Crippen molar-refractivity contribution in [2.75, 3.05) is 11.9 Å². The molecule has 0 spiro atoms. The molecule has 2 aromatic carbocycles. The summed E-state index contributed by atoms with van der Waals surface area (Å²) in [5.41, 5.74) is 5.88. The van der Waals surface area contributed by atoms with Crippen LogP contribution in [0.2, 0.25) is 0 Å². The third-order valence-electron chi connectivity index (χ3n) is 4.55. The van der Waals surface area contributed by atoms with Crippen molar-refractivity contribution in [3.63, 3.8) is 0 Å². The zero-order chi connectivity index (χ0) is 19.4. The molecule has 5 heteroatoms. The van der Waals surface area contributed by atoms with E-state index in [-0.39, 0.29) is 12.5 Å². The third-order valence-corrected chi connectivity index (χ3v) is 4.55. The number of aromatic nitrogens is 2. The minimum Gasteiger partial charge on any atom is -0.483 e. The lowest BCUT2D eigenvalue weighted by Gasteiger charge is -2.10. The number of ether oxygens (including phenoxy) is 1. The van der Waals surface area contributed by atoms with Gasteiger partial charge >= 0.3 is 0 Å². The van der Waals surface area contributed by atoms with Gasteiger partial charge in [-0.3, -0.25) is 9.48 Å². The Balaban J connectivity index is 1.66. The van der Waals surface area contributed by atoms with E-state index in [1.54, 1.807) is 0 Å². The average Bonchev–Trinajstić information content (AvgIpc) is 2.90. The summed E-state index contributed by atoms with van der Waals surface area (Å²) in [6, 6.07) is 16.0. The predicted octanol–water partition coefficient (Wildman–Crippen LogP) is 4.18. The number of amides is 1. The first-order chi connectivity index (χ1) is 12.9. The number of hydrogen-bond acceptors (Lipinski definition) is 3. The van der Waals surface area contributed by atoms with Crippen LogP contribution in [0.3, 0.4) is 0 Å². The molecular weight excluding hydrogens is 338 g/mol. The van der Waals surface area contributed by atoms with E-state index in [9.17, 15) is 4.79 Å². The van der Waals surface area contributed by atoms with Gasteiger partial charge in [0.1, 0.15) is 5.75 Å². The van der Waals surface area contributed by atoms with Gasteiger partial charge in [-0.05, 0) is 44.9 Å². The van der Waals surface area contributed by atoms with Crippen LogP contribution in [0.25, 0.3) is 0 Å². The van der Waals surface area contributed by atoms with Gasteiger partial charge in [-0.15, -0.1) is 0 Å². The molecule has 1 aromatic heterocycles. The Morgan fingerprint density at radius 3 is 2.44 bits per heavy atom. The number of benzene rings is 2. The summed E-state index contributed by atoms with van der Waals surface area (Å²) in [6.45, 7) is 8.52. The maximum Gasteiger partial charge on any atom is 0.262 e. The van der Waals surface area contributed by atoms with Crippen molar-refractivity contribution in [3.05, 3.63) is 76.6 Å². The van der Waals surface area contributed by atoms with Crippen LogP contribution in [0, 0.1) is 27.7 Å². The fourth-order valence-corrected chi connectivity index (χ4v) is 2.94. The minimum absolute atomic E-state index is 0.0348. The fourth-order valence-electron chi connectivity index (χ4n) is 2.94. The number of carbonyl (C=O) groups excluding carboxylic acids is 1. The molecule has 0 saturated heterocycles. The van der Waals surface area contributed by atoms with Crippen molar-refractivity contribution >= 4 is 11.6 Å². The zero-order valence-corrected chi connectivity index (χ0v) is 16.2. The van der Waals surface area contributed by atoms with E-state index in [4.69, 9.17) is 4.74 Å². The summed E-state index contributed by atoms with van der Waals surface area (Å²) in [5.74, 6) is 0.524. The Morgan fingerprint density at radius 2 is 1.74 bits per heavy atom. The van der Waals surface area contributed by atoms with E-state index in [2.05, 4.69) is 41.6 Å². The highest BCUT2D eigenvalue weighted by Gasteiger charge is 2.15. The topological polar surface area (TPSA) is 56.2 Å². The zero-order valence-electron chi connectivity index (χ0n) is 16.2. The van der Waals surface area contributed by atoms with Gasteiger partial charge in [-0.25, -0.2) is 0 Å². The molecule has 5 nitrogen and oxygen atoms in total. The molecule has 1 heterocycles.